The topological polar surface area (TPSA) is 75.7 Å². The smallest absolute Gasteiger partial charge is 0.270 e. The van der Waals surface area contributed by atoms with Crippen LogP contribution in [0.3, 0.4) is 0 Å². The van der Waals surface area contributed by atoms with Crippen LogP contribution in [-0.2, 0) is 0 Å². The van der Waals surface area contributed by atoms with Crippen molar-refractivity contribution in [2.45, 2.75) is 13.3 Å². The number of nitro benzene ring substituents is 1. The maximum absolute atomic E-state index is 10.5. The third-order valence-electron chi connectivity index (χ3n) is 1.81. The van der Waals surface area contributed by atoms with Crippen LogP contribution >= 0.6 is 0 Å². The fourth-order valence-electron chi connectivity index (χ4n) is 1.05. The molecule has 1 aromatic rings. The zero-order valence-electron chi connectivity index (χ0n) is 8.38. The predicted molar refractivity (Wildman–Crippen MR) is 57.5 cm³/mol. The summed E-state index contributed by atoms with van der Waals surface area (Å²) in [5, 5.41) is 19.9. The van der Waals surface area contributed by atoms with Crippen molar-refractivity contribution in [2.75, 3.05) is 6.54 Å². The number of phenols is 1. The monoisotopic (exact) mass is 208 g/mol. The summed E-state index contributed by atoms with van der Waals surface area (Å²) in [6.07, 6.45) is 2.35. The van der Waals surface area contributed by atoms with Crippen molar-refractivity contribution in [3.05, 3.63) is 33.9 Å². The summed E-state index contributed by atoms with van der Waals surface area (Å²) in [5.41, 5.74) is 0.323. The lowest BCUT2D eigenvalue weighted by atomic mass is 10.2. The number of nitrogens with zero attached hydrogens (tertiary/aromatic N) is 2. The number of aromatic hydroxyl groups is 1. The lowest BCUT2D eigenvalue weighted by Crippen LogP contribution is -1.91. The number of phenolic OH excluding ortho intramolecular Hbond substituents is 1. The Morgan fingerprint density at radius 2 is 2.33 bits per heavy atom. The number of nitro groups is 1. The van der Waals surface area contributed by atoms with Gasteiger partial charge in [0.2, 0.25) is 0 Å². The molecule has 0 radical (unpaired) electrons. The first-order valence-corrected chi connectivity index (χ1v) is 4.62. The molecule has 0 amide bonds. The number of aliphatic imine (C=N–C) groups is 1. The number of hydrogen-bond acceptors (Lipinski definition) is 4. The molecule has 15 heavy (non-hydrogen) atoms. The molecule has 0 aliphatic carbocycles. The second kappa shape index (κ2) is 5.09. The minimum atomic E-state index is -0.503. The molecule has 0 fully saturated rings. The van der Waals surface area contributed by atoms with Crippen molar-refractivity contribution >= 4 is 11.9 Å². The van der Waals surface area contributed by atoms with Crippen molar-refractivity contribution in [3.8, 4) is 5.75 Å². The molecule has 5 nitrogen and oxygen atoms in total. The molecule has 0 aromatic heterocycles. The van der Waals surface area contributed by atoms with Crippen LogP contribution < -0.4 is 0 Å². The second-order valence-corrected chi connectivity index (χ2v) is 3.04. The summed E-state index contributed by atoms with van der Waals surface area (Å²) in [4.78, 5) is 14.0. The number of hydrogen-bond donors (Lipinski definition) is 1. The first kappa shape index (κ1) is 11.2. The minimum Gasteiger partial charge on any atom is -0.507 e. The molecule has 0 spiro atoms. The molecular formula is C10H12N2O3. The normalized spacial score (nSPS) is 10.7. The molecule has 1 N–H and O–H groups in total. The SMILES string of the molecule is CCCN=Cc1cc([N+](=O)[O-])ccc1O. The molecule has 0 heterocycles. The van der Waals surface area contributed by atoms with Crippen LogP contribution in [-0.4, -0.2) is 22.8 Å². The van der Waals surface area contributed by atoms with Gasteiger partial charge in [-0.15, -0.1) is 0 Å². The highest BCUT2D eigenvalue weighted by Gasteiger charge is 2.08. The largest absolute Gasteiger partial charge is 0.507 e. The van der Waals surface area contributed by atoms with Crippen molar-refractivity contribution in [2.24, 2.45) is 4.99 Å². The Morgan fingerprint density at radius 3 is 2.93 bits per heavy atom. The van der Waals surface area contributed by atoms with E-state index >= 15 is 0 Å². The Bertz CT molecular complexity index is 388. The quantitative estimate of drug-likeness (QED) is 0.467. The van der Waals surface area contributed by atoms with E-state index in [9.17, 15) is 15.2 Å². The van der Waals surface area contributed by atoms with Crippen LogP contribution in [0.15, 0.2) is 23.2 Å². The van der Waals surface area contributed by atoms with Gasteiger partial charge in [-0.05, 0) is 12.5 Å². The molecule has 0 bridgehead atoms. The average molecular weight is 208 g/mol. The van der Waals surface area contributed by atoms with Gasteiger partial charge in [0.15, 0.2) is 0 Å². The van der Waals surface area contributed by atoms with E-state index in [0.29, 0.717) is 12.1 Å². The van der Waals surface area contributed by atoms with Crippen molar-refractivity contribution in [3.63, 3.8) is 0 Å². The molecule has 5 heteroatoms. The molecule has 0 unspecified atom stereocenters. The summed E-state index contributed by atoms with van der Waals surface area (Å²) >= 11 is 0. The third-order valence-corrected chi connectivity index (χ3v) is 1.81. The van der Waals surface area contributed by atoms with Crippen molar-refractivity contribution in [1.82, 2.24) is 0 Å². The molecule has 0 aliphatic rings. The molecule has 0 saturated heterocycles. The van der Waals surface area contributed by atoms with Crippen LogP contribution in [0, 0.1) is 10.1 Å². The Kier molecular flexibility index (Phi) is 3.79. The van der Waals surface area contributed by atoms with E-state index in [2.05, 4.69) is 4.99 Å². The van der Waals surface area contributed by atoms with Crippen LogP contribution in [0.4, 0.5) is 5.69 Å². The molecule has 1 rings (SSSR count). The Hall–Kier alpha value is -1.91. The zero-order chi connectivity index (χ0) is 11.3. The first-order valence-electron chi connectivity index (χ1n) is 4.62. The van der Waals surface area contributed by atoms with Gasteiger partial charge in [0.1, 0.15) is 5.75 Å². The summed E-state index contributed by atoms with van der Waals surface area (Å²) in [6, 6.07) is 3.85. The van der Waals surface area contributed by atoms with E-state index in [-0.39, 0.29) is 11.4 Å². The predicted octanol–water partition coefficient (Wildman–Crippen LogP) is 2.13. The Labute approximate surface area is 87.2 Å². The van der Waals surface area contributed by atoms with Gasteiger partial charge < -0.3 is 5.11 Å². The van der Waals surface area contributed by atoms with Gasteiger partial charge in [-0.25, -0.2) is 0 Å². The van der Waals surface area contributed by atoms with Crippen LogP contribution in [0.25, 0.3) is 0 Å². The molecule has 0 atom stereocenters. The van der Waals surface area contributed by atoms with Gasteiger partial charge in [0.05, 0.1) is 4.92 Å². The summed E-state index contributed by atoms with van der Waals surface area (Å²) in [5.74, 6) is 0.000420. The van der Waals surface area contributed by atoms with Crippen LogP contribution in [0.2, 0.25) is 0 Å². The van der Waals surface area contributed by atoms with Gasteiger partial charge in [-0.2, -0.15) is 0 Å². The van der Waals surface area contributed by atoms with Gasteiger partial charge in [0, 0.05) is 30.5 Å². The number of rotatable bonds is 4. The molecule has 80 valence electrons. The zero-order valence-corrected chi connectivity index (χ0v) is 8.38. The molecular weight excluding hydrogens is 196 g/mol. The minimum absolute atomic E-state index is 0.000420. The van der Waals surface area contributed by atoms with Crippen molar-refractivity contribution < 1.29 is 10.0 Å². The summed E-state index contributed by atoms with van der Waals surface area (Å²) in [7, 11) is 0. The second-order valence-electron chi connectivity index (χ2n) is 3.04. The highest BCUT2D eigenvalue weighted by Crippen LogP contribution is 2.21. The third kappa shape index (κ3) is 3.05. The van der Waals surface area contributed by atoms with E-state index in [1.54, 1.807) is 0 Å². The van der Waals surface area contributed by atoms with Crippen molar-refractivity contribution in [1.29, 1.82) is 0 Å². The lowest BCUT2D eigenvalue weighted by Gasteiger charge is -1.98. The first-order chi connectivity index (χ1) is 7.15. The highest BCUT2D eigenvalue weighted by atomic mass is 16.6. The van der Waals surface area contributed by atoms with E-state index < -0.39 is 4.92 Å². The van der Waals surface area contributed by atoms with Crippen LogP contribution in [0.5, 0.6) is 5.75 Å². The van der Waals surface area contributed by atoms with E-state index in [1.165, 1.54) is 24.4 Å². The maximum atomic E-state index is 10.5. The van der Waals surface area contributed by atoms with Gasteiger partial charge >= 0.3 is 0 Å². The summed E-state index contributed by atoms with van der Waals surface area (Å²) in [6.45, 7) is 2.62. The molecule has 0 saturated carbocycles. The maximum Gasteiger partial charge on any atom is 0.270 e. The molecule has 1 aromatic carbocycles. The standard InChI is InChI=1S/C10H12N2O3/c1-2-5-11-7-8-6-9(12(14)15)3-4-10(8)13/h3-4,6-7,13H,2,5H2,1H3. The van der Waals surface area contributed by atoms with Gasteiger partial charge in [-0.1, -0.05) is 6.92 Å². The van der Waals surface area contributed by atoms with E-state index in [1.807, 2.05) is 6.92 Å². The van der Waals surface area contributed by atoms with E-state index in [4.69, 9.17) is 0 Å². The fourth-order valence-corrected chi connectivity index (χ4v) is 1.05. The molecule has 0 aliphatic heterocycles. The van der Waals surface area contributed by atoms with Crippen LogP contribution in [0.1, 0.15) is 18.9 Å². The highest BCUT2D eigenvalue weighted by molar-refractivity contribution is 5.84. The average Bonchev–Trinajstić information content (AvgIpc) is 2.20. The Balaban J connectivity index is 2.95. The summed E-state index contributed by atoms with van der Waals surface area (Å²) < 4.78 is 0. The number of benzene rings is 1. The lowest BCUT2D eigenvalue weighted by molar-refractivity contribution is -0.384. The fraction of sp³-hybridized carbons (Fsp3) is 0.300. The Morgan fingerprint density at radius 1 is 1.60 bits per heavy atom. The van der Waals surface area contributed by atoms with E-state index in [0.717, 1.165) is 6.42 Å². The van der Waals surface area contributed by atoms with Gasteiger partial charge in [0.25, 0.3) is 5.69 Å². The van der Waals surface area contributed by atoms with Gasteiger partial charge in [-0.3, -0.25) is 15.1 Å². The number of non-ortho nitro benzene ring substituents is 1.